The van der Waals surface area contributed by atoms with Crippen LogP contribution in [0.2, 0.25) is 0 Å². The summed E-state index contributed by atoms with van der Waals surface area (Å²) in [5.74, 6) is 3.29. The Morgan fingerprint density at radius 2 is 2.29 bits per heavy atom. The number of amides is 1. The number of fused-ring (bicyclic) bond motifs is 1. The van der Waals surface area contributed by atoms with Crippen LogP contribution in [0.5, 0.6) is 11.5 Å². The Morgan fingerprint density at radius 3 is 3.00 bits per heavy atom. The van der Waals surface area contributed by atoms with E-state index in [-0.39, 0.29) is 30.3 Å². The summed E-state index contributed by atoms with van der Waals surface area (Å²) in [5, 5.41) is 3.04. The lowest BCUT2D eigenvalue weighted by Gasteiger charge is -2.26. The molecule has 1 aliphatic heterocycles. The smallest absolute Gasteiger partial charge is 0.257 e. The fourth-order valence-corrected chi connectivity index (χ4v) is 3.60. The minimum atomic E-state index is -0.526. The number of methoxy groups -OCH3 is 1. The summed E-state index contributed by atoms with van der Waals surface area (Å²) in [7, 11) is 1.53. The molecule has 0 aliphatic carbocycles. The lowest BCUT2D eigenvalue weighted by molar-refractivity contribution is -0.116. The van der Waals surface area contributed by atoms with Crippen LogP contribution in [0.15, 0.2) is 40.8 Å². The van der Waals surface area contributed by atoms with Gasteiger partial charge in [-0.15, -0.1) is 6.42 Å². The fraction of sp³-hybridized carbons (Fsp3) is 0.250. The van der Waals surface area contributed by atoms with Gasteiger partial charge in [-0.05, 0) is 6.07 Å². The van der Waals surface area contributed by atoms with Gasteiger partial charge in [0.15, 0.2) is 16.7 Å². The molecule has 0 saturated heterocycles. The van der Waals surface area contributed by atoms with Crippen LogP contribution >= 0.6 is 11.8 Å². The van der Waals surface area contributed by atoms with Crippen molar-refractivity contribution in [2.45, 2.75) is 17.5 Å². The van der Waals surface area contributed by atoms with Gasteiger partial charge in [0.2, 0.25) is 5.91 Å². The van der Waals surface area contributed by atoms with Crippen molar-refractivity contribution >= 4 is 23.5 Å². The molecule has 0 spiro atoms. The molecular formula is C20H19N3O4S. The molecule has 28 heavy (non-hydrogen) atoms. The number of nitrogens with zero attached hydrogens (tertiary/aromatic N) is 1. The summed E-state index contributed by atoms with van der Waals surface area (Å²) in [6.07, 6.45) is 6.96. The van der Waals surface area contributed by atoms with Crippen molar-refractivity contribution in [1.82, 2.24) is 9.97 Å². The topological polar surface area (TPSA) is 93.3 Å². The zero-order valence-electron chi connectivity index (χ0n) is 15.3. The molecule has 1 amide bonds. The van der Waals surface area contributed by atoms with E-state index in [4.69, 9.17) is 15.9 Å². The van der Waals surface area contributed by atoms with Gasteiger partial charge in [0.1, 0.15) is 12.4 Å². The van der Waals surface area contributed by atoms with Crippen molar-refractivity contribution in [2.24, 2.45) is 0 Å². The van der Waals surface area contributed by atoms with Gasteiger partial charge in [0.05, 0.1) is 18.4 Å². The van der Waals surface area contributed by atoms with Crippen molar-refractivity contribution in [1.29, 1.82) is 0 Å². The number of para-hydroxylation sites is 1. The van der Waals surface area contributed by atoms with Crippen LogP contribution in [-0.4, -0.2) is 35.3 Å². The number of hydrogen-bond donors (Lipinski definition) is 2. The van der Waals surface area contributed by atoms with Crippen molar-refractivity contribution in [3.05, 3.63) is 52.3 Å². The third-order valence-electron chi connectivity index (χ3n) is 4.17. The number of ether oxygens (including phenoxy) is 2. The number of terminal acetylenes is 1. The van der Waals surface area contributed by atoms with Crippen molar-refractivity contribution in [2.75, 3.05) is 24.8 Å². The molecule has 2 N–H and O–H groups in total. The average Bonchev–Trinajstić information content (AvgIpc) is 2.69. The number of carbonyl (C=O) groups is 1. The van der Waals surface area contributed by atoms with Crippen molar-refractivity contribution in [3.8, 4) is 23.8 Å². The molecule has 2 aromatic rings. The van der Waals surface area contributed by atoms with Gasteiger partial charge < -0.3 is 19.8 Å². The van der Waals surface area contributed by atoms with E-state index in [9.17, 15) is 9.59 Å². The van der Waals surface area contributed by atoms with E-state index in [1.807, 2.05) is 6.07 Å². The molecule has 1 atom stereocenters. The van der Waals surface area contributed by atoms with Crippen LogP contribution in [0.3, 0.4) is 0 Å². The molecule has 7 nitrogen and oxygen atoms in total. The van der Waals surface area contributed by atoms with Gasteiger partial charge in [-0.3, -0.25) is 9.59 Å². The first-order chi connectivity index (χ1) is 13.6. The second-order valence-electron chi connectivity index (χ2n) is 5.91. The molecular weight excluding hydrogens is 378 g/mol. The van der Waals surface area contributed by atoms with Gasteiger partial charge in [-0.25, -0.2) is 4.98 Å². The Kier molecular flexibility index (Phi) is 6.06. The Hall–Kier alpha value is -3.18. The highest BCUT2D eigenvalue weighted by Crippen LogP contribution is 2.42. The maximum atomic E-state index is 12.8. The van der Waals surface area contributed by atoms with E-state index < -0.39 is 5.92 Å². The first-order valence-electron chi connectivity index (χ1n) is 8.50. The van der Waals surface area contributed by atoms with E-state index in [0.717, 1.165) is 0 Å². The quantitative estimate of drug-likeness (QED) is 0.323. The van der Waals surface area contributed by atoms with Crippen LogP contribution in [0.4, 0.5) is 5.82 Å². The SMILES string of the molecule is C#CCSc1nc2c(c(=O)[nH]1)[C@H](c1cccc(OC)c1OCC=C)CC(=O)N2. The van der Waals surface area contributed by atoms with Crippen LogP contribution in [-0.2, 0) is 4.79 Å². The predicted octanol–water partition coefficient (Wildman–Crippen LogP) is 2.54. The maximum absolute atomic E-state index is 12.8. The molecule has 0 saturated carbocycles. The summed E-state index contributed by atoms with van der Waals surface area (Å²) in [5.41, 5.74) is 0.724. The highest BCUT2D eigenvalue weighted by Gasteiger charge is 2.33. The van der Waals surface area contributed by atoms with Crippen molar-refractivity contribution < 1.29 is 14.3 Å². The zero-order valence-corrected chi connectivity index (χ0v) is 16.1. The standard InChI is InChI=1S/C20H19N3O4S/c1-4-9-27-17-12(7-6-8-14(17)26-3)13-11-15(24)21-18-16(13)19(25)23-20(22-18)28-10-5-2/h2,4,6-8,13H,1,9-11H2,3H3,(H2,21,22,23,24,25)/t13-/m0/s1. The minimum Gasteiger partial charge on any atom is -0.493 e. The number of rotatable bonds is 7. The molecule has 144 valence electrons. The minimum absolute atomic E-state index is 0.0895. The molecule has 1 aliphatic rings. The maximum Gasteiger partial charge on any atom is 0.257 e. The van der Waals surface area contributed by atoms with E-state index in [2.05, 4.69) is 27.8 Å². The molecule has 1 aromatic carbocycles. The summed E-state index contributed by atoms with van der Waals surface area (Å²) < 4.78 is 11.2. The van der Waals surface area contributed by atoms with Crippen LogP contribution in [0.25, 0.3) is 0 Å². The number of carbonyl (C=O) groups excluding carboxylic acids is 1. The second kappa shape index (κ2) is 8.67. The van der Waals surface area contributed by atoms with E-state index in [1.54, 1.807) is 18.2 Å². The first kappa shape index (κ1) is 19.6. The van der Waals surface area contributed by atoms with E-state index in [0.29, 0.717) is 33.5 Å². The molecule has 3 rings (SSSR count). The Bertz CT molecular complexity index is 1010. The number of aromatic amines is 1. The summed E-state index contributed by atoms with van der Waals surface area (Å²) in [4.78, 5) is 32.3. The summed E-state index contributed by atoms with van der Waals surface area (Å²) in [6, 6.07) is 5.36. The highest BCUT2D eigenvalue weighted by molar-refractivity contribution is 7.99. The molecule has 1 aromatic heterocycles. The largest absolute Gasteiger partial charge is 0.493 e. The normalized spacial score (nSPS) is 15.1. The zero-order chi connectivity index (χ0) is 20.1. The monoisotopic (exact) mass is 397 g/mol. The van der Waals surface area contributed by atoms with Gasteiger partial charge in [0, 0.05) is 17.9 Å². The average molecular weight is 397 g/mol. The second-order valence-corrected chi connectivity index (χ2v) is 6.87. The van der Waals surface area contributed by atoms with Gasteiger partial charge in [-0.2, -0.15) is 0 Å². The number of aromatic nitrogens is 2. The number of thioether (sulfide) groups is 1. The Labute approximate surface area is 166 Å². The van der Waals surface area contributed by atoms with Crippen LogP contribution in [0.1, 0.15) is 23.5 Å². The number of hydrogen-bond acceptors (Lipinski definition) is 6. The van der Waals surface area contributed by atoms with Gasteiger partial charge in [-0.1, -0.05) is 42.5 Å². The van der Waals surface area contributed by atoms with E-state index >= 15 is 0 Å². The first-order valence-corrected chi connectivity index (χ1v) is 9.48. The number of nitrogens with one attached hydrogen (secondary N) is 2. The predicted molar refractivity (Wildman–Crippen MR) is 108 cm³/mol. The summed E-state index contributed by atoms with van der Waals surface area (Å²) in [6.45, 7) is 3.92. The van der Waals surface area contributed by atoms with Gasteiger partial charge in [0.25, 0.3) is 5.56 Å². The molecule has 0 radical (unpaired) electrons. The molecule has 2 heterocycles. The number of H-pyrrole nitrogens is 1. The fourth-order valence-electron chi connectivity index (χ4n) is 3.06. The number of benzene rings is 1. The highest BCUT2D eigenvalue weighted by atomic mass is 32.2. The molecule has 0 fully saturated rings. The van der Waals surface area contributed by atoms with Crippen molar-refractivity contribution in [3.63, 3.8) is 0 Å². The van der Waals surface area contributed by atoms with Crippen LogP contribution in [0, 0.1) is 12.3 Å². The molecule has 0 bridgehead atoms. The summed E-state index contributed by atoms with van der Waals surface area (Å²) >= 11 is 1.22. The van der Waals surface area contributed by atoms with E-state index in [1.165, 1.54) is 18.9 Å². The Morgan fingerprint density at radius 1 is 1.46 bits per heavy atom. The molecule has 0 unspecified atom stereocenters. The third kappa shape index (κ3) is 3.89. The lowest BCUT2D eigenvalue weighted by Crippen LogP contribution is -2.31. The molecule has 8 heteroatoms. The van der Waals surface area contributed by atoms with Crippen LogP contribution < -0.4 is 20.3 Å². The number of anilines is 1. The lowest BCUT2D eigenvalue weighted by atomic mass is 9.86. The Balaban J connectivity index is 2.13. The van der Waals surface area contributed by atoms with Gasteiger partial charge >= 0.3 is 0 Å². The third-order valence-corrected chi connectivity index (χ3v) is 4.95.